The van der Waals surface area contributed by atoms with Crippen molar-refractivity contribution in [1.82, 2.24) is 5.32 Å². The number of ketones is 1. The van der Waals surface area contributed by atoms with Gasteiger partial charge in [-0.3, -0.25) is 9.59 Å². The van der Waals surface area contributed by atoms with Gasteiger partial charge in [-0.25, -0.2) is 0 Å². The molecule has 4 heteroatoms. The maximum atomic E-state index is 11.2. The Morgan fingerprint density at radius 1 is 1.62 bits per heavy atom. The number of hydrogen-bond acceptors (Lipinski definition) is 3. The van der Waals surface area contributed by atoms with Crippen LogP contribution in [0.25, 0.3) is 0 Å². The van der Waals surface area contributed by atoms with E-state index in [1.807, 2.05) is 0 Å². The molecule has 2 saturated heterocycles. The molecule has 72 valence electrons. The zero-order valence-electron chi connectivity index (χ0n) is 7.58. The highest BCUT2D eigenvalue weighted by molar-refractivity contribution is 5.84. The molecule has 3 atom stereocenters. The van der Waals surface area contributed by atoms with E-state index in [1.165, 1.54) is 6.92 Å². The van der Waals surface area contributed by atoms with Crippen molar-refractivity contribution in [3.63, 3.8) is 0 Å². The van der Waals surface area contributed by atoms with Gasteiger partial charge in [-0.2, -0.15) is 0 Å². The van der Waals surface area contributed by atoms with Crippen molar-refractivity contribution in [2.45, 2.75) is 44.4 Å². The highest BCUT2D eigenvalue weighted by Gasteiger charge is 2.42. The predicted molar refractivity (Wildman–Crippen MR) is 45.1 cm³/mol. The Labute approximate surface area is 76.6 Å². The fourth-order valence-electron chi connectivity index (χ4n) is 2.08. The number of amides is 1. The van der Waals surface area contributed by atoms with Gasteiger partial charge in [-0.05, 0) is 6.42 Å². The Morgan fingerprint density at radius 3 is 3.00 bits per heavy atom. The Morgan fingerprint density at radius 2 is 2.38 bits per heavy atom. The van der Waals surface area contributed by atoms with Crippen molar-refractivity contribution >= 4 is 11.7 Å². The third kappa shape index (κ3) is 1.58. The number of ether oxygens (including phenoxy) is 1. The van der Waals surface area contributed by atoms with Crippen LogP contribution in [0, 0.1) is 0 Å². The maximum Gasteiger partial charge on any atom is 0.217 e. The summed E-state index contributed by atoms with van der Waals surface area (Å²) < 4.78 is 5.46. The fraction of sp³-hybridized carbons (Fsp3) is 0.778. The first-order valence-corrected chi connectivity index (χ1v) is 4.62. The van der Waals surface area contributed by atoms with E-state index in [2.05, 4.69) is 5.32 Å². The van der Waals surface area contributed by atoms with E-state index in [-0.39, 0.29) is 29.9 Å². The fourth-order valence-corrected chi connectivity index (χ4v) is 2.08. The van der Waals surface area contributed by atoms with Gasteiger partial charge in [0.2, 0.25) is 5.91 Å². The Kier molecular flexibility index (Phi) is 2.07. The van der Waals surface area contributed by atoms with E-state index in [4.69, 9.17) is 4.74 Å². The van der Waals surface area contributed by atoms with E-state index in [9.17, 15) is 9.59 Å². The van der Waals surface area contributed by atoms with Gasteiger partial charge >= 0.3 is 0 Å². The van der Waals surface area contributed by atoms with Crippen LogP contribution in [0.15, 0.2) is 0 Å². The molecule has 1 amide bonds. The molecule has 0 aromatic rings. The lowest BCUT2D eigenvalue weighted by molar-refractivity contribution is -0.135. The smallest absolute Gasteiger partial charge is 0.217 e. The second-order valence-electron chi connectivity index (χ2n) is 3.71. The molecule has 0 aliphatic carbocycles. The van der Waals surface area contributed by atoms with E-state index >= 15 is 0 Å². The zero-order chi connectivity index (χ0) is 9.42. The van der Waals surface area contributed by atoms with Gasteiger partial charge in [-0.1, -0.05) is 0 Å². The van der Waals surface area contributed by atoms with Crippen LogP contribution in [-0.2, 0) is 14.3 Å². The number of carbonyl (C=O) groups is 2. The lowest BCUT2D eigenvalue weighted by Gasteiger charge is -2.21. The quantitative estimate of drug-likeness (QED) is 0.623. The summed E-state index contributed by atoms with van der Waals surface area (Å²) in [6.45, 7) is 1.49. The highest BCUT2D eigenvalue weighted by Crippen LogP contribution is 2.30. The van der Waals surface area contributed by atoms with Crippen molar-refractivity contribution < 1.29 is 14.3 Å². The lowest BCUT2D eigenvalue weighted by Crippen LogP contribution is -2.39. The van der Waals surface area contributed by atoms with Gasteiger partial charge in [0.05, 0.1) is 12.1 Å². The average molecular weight is 183 g/mol. The van der Waals surface area contributed by atoms with Crippen LogP contribution < -0.4 is 5.32 Å². The Hall–Kier alpha value is -0.900. The Balaban J connectivity index is 2.02. The van der Waals surface area contributed by atoms with Crippen LogP contribution in [0.1, 0.15) is 26.2 Å². The number of nitrogens with one attached hydrogen (secondary N) is 1. The van der Waals surface area contributed by atoms with E-state index in [1.54, 1.807) is 0 Å². The van der Waals surface area contributed by atoms with Crippen molar-refractivity contribution in [1.29, 1.82) is 0 Å². The van der Waals surface area contributed by atoms with Gasteiger partial charge in [-0.15, -0.1) is 0 Å². The molecule has 0 unspecified atom stereocenters. The van der Waals surface area contributed by atoms with Gasteiger partial charge < -0.3 is 10.1 Å². The molecule has 0 aromatic heterocycles. The molecule has 2 aliphatic rings. The monoisotopic (exact) mass is 183 g/mol. The summed E-state index contributed by atoms with van der Waals surface area (Å²) in [6, 6.07) is 0.0500. The highest BCUT2D eigenvalue weighted by atomic mass is 16.5. The molecule has 0 saturated carbocycles. The SMILES string of the molecule is CC(=O)N[C@@H]1C[C@H]2O[C@@H]1CCC2=O. The molecule has 0 radical (unpaired) electrons. The third-order valence-electron chi connectivity index (χ3n) is 2.68. The van der Waals surface area contributed by atoms with E-state index in [0.717, 1.165) is 6.42 Å². The first-order chi connectivity index (χ1) is 6.16. The minimum atomic E-state index is -0.254. The molecule has 2 rings (SSSR count). The molecular formula is C9H13NO3. The summed E-state index contributed by atoms with van der Waals surface area (Å²) in [7, 11) is 0. The van der Waals surface area contributed by atoms with Crippen molar-refractivity contribution in [3.8, 4) is 0 Å². The third-order valence-corrected chi connectivity index (χ3v) is 2.68. The molecular weight excluding hydrogens is 170 g/mol. The normalized spacial score (nSPS) is 37.6. The predicted octanol–water partition coefficient (Wildman–Crippen LogP) is 0.0115. The number of carbonyl (C=O) groups excluding carboxylic acids is 2. The second kappa shape index (κ2) is 3.10. The Bertz CT molecular complexity index is 251. The molecule has 2 aliphatic heterocycles. The molecule has 0 spiro atoms. The van der Waals surface area contributed by atoms with Gasteiger partial charge in [0.15, 0.2) is 5.78 Å². The van der Waals surface area contributed by atoms with E-state index in [0.29, 0.717) is 12.8 Å². The van der Waals surface area contributed by atoms with Crippen LogP contribution in [0.2, 0.25) is 0 Å². The first-order valence-electron chi connectivity index (χ1n) is 4.62. The summed E-state index contributed by atoms with van der Waals surface area (Å²) in [6.07, 6.45) is 1.82. The van der Waals surface area contributed by atoms with Crippen LogP contribution >= 0.6 is 0 Å². The minimum absolute atomic E-state index is 0.0476. The number of rotatable bonds is 1. The molecule has 2 bridgehead atoms. The minimum Gasteiger partial charge on any atom is -0.365 e. The molecule has 2 fully saturated rings. The van der Waals surface area contributed by atoms with Crippen molar-refractivity contribution in [2.24, 2.45) is 0 Å². The van der Waals surface area contributed by atoms with Crippen molar-refractivity contribution in [3.05, 3.63) is 0 Å². The van der Waals surface area contributed by atoms with Crippen molar-refractivity contribution in [2.75, 3.05) is 0 Å². The van der Waals surface area contributed by atoms with Crippen LogP contribution in [-0.4, -0.2) is 29.9 Å². The summed E-state index contributed by atoms with van der Waals surface area (Å²) in [4.78, 5) is 22.1. The molecule has 13 heavy (non-hydrogen) atoms. The number of hydrogen-bond donors (Lipinski definition) is 1. The molecule has 0 aromatic carbocycles. The molecule has 4 nitrogen and oxygen atoms in total. The van der Waals surface area contributed by atoms with Gasteiger partial charge in [0, 0.05) is 19.8 Å². The average Bonchev–Trinajstić information content (AvgIpc) is 2.37. The molecule has 1 N–H and O–H groups in total. The van der Waals surface area contributed by atoms with Crippen LogP contribution in [0.5, 0.6) is 0 Å². The van der Waals surface area contributed by atoms with Crippen LogP contribution in [0.4, 0.5) is 0 Å². The second-order valence-corrected chi connectivity index (χ2v) is 3.71. The zero-order valence-corrected chi connectivity index (χ0v) is 7.58. The van der Waals surface area contributed by atoms with Gasteiger partial charge in [0.25, 0.3) is 0 Å². The van der Waals surface area contributed by atoms with Gasteiger partial charge in [0.1, 0.15) is 6.10 Å². The summed E-state index contributed by atoms with van der Waals surface area (Å²) in [5.74, 6) is 0.137. The standard InChI is InChI=1S/C9H13NO3/c1-5(11)10-6-4-9-7(12)2-3-8(6)13-9/h6,8-9H,2-4H2,1H3,(H,10,11)/t6-,8-,9-/m1/s1. The number of fused-ring (bicyclic) bond motifs is 2. The topological polar surface area (TPSA) is 55.4 Å². The molecule has 2 heterocycles. The summed E-state index contributed by atoms with van der Waals surface area (Å²) >= 11 is 0. The maximum absolute atomic E-state index is 11.2. The summed E-state index contributed by atoms with van der Waals surface area (Å²) in [5, 5.41) is 2.82. The first kappa shape index (κ1) is 8.69. The largest absolute Gasteiger partial charge is 0.365 e. The number of Topliss-reactive ketones (excluding diaryl/α,β-unsaturated/α-hetero) is 1. The van der Waals surface area contributed by atoms with Crippen LogP contribution in [0.3, 0.4) is 0 Å². The lowest BCUT2D eigenvalue weighted by atomic mass is 10.1. The van der Waals surface area contributed by atoms with E-state index < -0.39 is 0 Å². The summed E-state index contributed by atoms with van der Waals surface area (Å²) in [5.41, 5.74) is 0.